The van der Waals surface area contributed by atoms with Crippen LogP contribution in [0.2, 0.25) is 0 Å². The Bertz CT molecular complexity index is 829. The fraction of sp³-hybridized carbons (Fsp3) is 0.0500. The first-order valence-electron chi connectivity index (χ1n) is 7.58. The highest BCUT2D eigenvalue weighted by Gasteiger charge is 2.10. The summed E-state index contributed by atoms with van der Waals surface area (Å²) in [6, 6.07) is 13.0. The highest BCUT2D eigenvalue weighted by molar-refractivity contribution is 5.91. The molecule has 2 aromatic carbocycles. The molecular formula is C20H16O5. The van der Waals surface area contributed by atoms with E-state index in [-0.39, 0.29) is 5.95 Å². The average molecular weight is 336 g/mol. The zero-order valence-electron chi connectivity index (χ0n) is 13.5. The first-order valence-corrected chi connectivity index (χ1v) is 7.58. The summed E-state index contributed by atoms with van der Waals surface area (Å²) in [6.45, 7) is 0. The molecule has 3 rings (SSSR count). The highest BCUT2D eigenvalue weighted by atomic mass is 16.6. The largest absolute Gasteiger partial charge is 0.497 e. The smallest absolute Gasteiger partial charge is 0.343 e. The predicted molar refractivity (Wildman–Crippen MR) is 93.0 cm³/mol. The van der Waals surface area contributed by atoms with Crippen LogP contribution in [0.15, 0.2) is 84.4 Å². The van der Waals surface area contributed by atoms with Crippen molar-refractivity contribution >= 4 is 5.97 Å². The molecule has 0 fully saturated rings. The second kappa shape index (κ2) is 7.40. The lowest BCUT2D eigenvalue weighted by atomic mass is 10.2. The van der Waals surface area contributed by atoms with E-state index in [1.807, 2.05) is 0 Å². The Morgan fingerprint density at radius 2 is 1.32 bits per heavy atom. The van der Waals surface area contributed by atoms with E-state index in [9.17, 15) is 9.90 Å². The standard InChI is InChI=1S/C20H16O5/c1-23-16-8-6-15(7-9-16)20(22)25-18-12-10-17(11-13-18)24-19(21)14-4-2-3-5-14/h2-13,21H,1H3. The lowest BCUT2D eigenvalue weighted by molar-refractivity contribution is 0.0734. The number of esters is 1. The van der Waals surface area contributed by atoms with Gasteiger partial charge in [0.25, 0.3) is 5.95 Å². The van der Waals surface area contributed by atoms with Crippen molar-refractivity contribution in [2.75, 3.05) is 7.11 Å². The molecule has 126 valence electrons. The third kappa shape index (κ3) is 4.09. The molecule has 1 N–H and O–H groups in total. The Labute approximate surface area is 145 Å². The topological polar surface area (TPSA) is 65.0 Å². The fourth-order valence-corrected chi connectivity index (χ4v) is 2.16. The Kier molecular flexibility index (Phi) is 4.85. The van der Waals surface area contributed by atoms with Crippen molar-refractivity contribution in [2.45, 2.75) is 0 Å². The number of ether oxygens (including phenoxy) is 3. The van der Waals surface area contributed by atoms with Gasteiger partial charge in [-0.05, 0) is 60.7 Å². The van der Waals surface area contributed by atoms with Crippen LogP contribution in [0.25, 0.3) is 0 Å². The van der Waals surface area contributed by atoms with Crippen molar-refractivity contribution < 1.29 is 24.1 Å². The van der Waals surface area contributed by atoms with Crippen molar-refractivity contribution in [2.24, 2.45) is 0 Å². The first kappa shape index (κ1) is 16.4. The zero-order valence-corrected chi connectivity index (χ0v) is 13.5. The van der Waals surface area contributed by atoms with Gasteiger partial charge in [-0.25, -0.2) is 4.79 Å². The Morgan fingerprint density at radius 1 is 0.800 bits per heavy atom. The van der Waals surface area contributed by atoms with Gasteiger partial charge in [-0.3, -0.25) is 0 Å². The van der Waals surface area contributed by atoms with Gasteiger partial charge >= 0.3 is 5.97 Å². The summed E-state index contributed by atoms with van der Waals surface area (Å²) in [4.78, 5) is 12.1. The van der Waals surface area contributed by atoms with Crippen LogP contribution >= 0.6 is 0 Å². The number of methoxy groups -OCH3 is 1. The molecule has 5 heteroatoms. The minimum absolute atomic E-state index is 0.187. The number of carbonyl (C=O) groups excluding carboxylic acids is 1. The monoisotopic (exact) mass is 336 g/mol. The van der Waals surface area contributed by atoms with Gasteiger partial charge in [-0.2, -0.15) is 0 Å². The molecule has 0 spiro atoms. The van der Waals surface area contributed by atoms with Crippen molar-refractivity contribution in [3.05, 3.63) is 89.9 Å². The summed E-state index contributed by atoms with van der Waals surface area (Å²) in [5.74, 6) is 0.818. The summed E-state index contributed by atoms with van der Waals surface area (Å²) in [6.07, 6.45) is 7.08. The van der Waals surface area contributed by atoms with E-state index in [2.05, 4.69) is 0 Å². The molecule has 25 heavy (non-hydrogen) atoms. The van der Waals surface area contributed by atoms with Gasteiger partial charge in [-0.1, -0.05) is 12.2 Å². The summed E-state index contributed by atoms with van der Waals surface area (Å²) in [5, 5.41) is 9.87. The van der Waals surface area contributed by atoms with Gasteiger partial charge in [0.2, 0.25) is 0 Å². The van der Waals surface area contributed by atoms with Crippen LogP contribution in [0, 0.1) is 0 Å². The number of allylic oxidation sites excluding steroid dienone is 5. The molecule has 0 aromatic heterocycles. The van der Waals surface area contributed by atoms with E-state index in [1.54, 1.807) is 79.9 Å². The van der Waals surface area contributed by atoms with Crippen molar-refractivity contribution in [1.29, 1.82) is 0 Å². The Morgan fingerprint density at radius 3 is 1.88 bits per heavy atom. The Balaban J connectivity index is 1.64. The van der Waals surface area contributed by atoms with Crippen molar-refractivity contribution in [1.82, 2.24) is 0 Å². The average Bonchev–Trinajstić information content (AvgIpc) is 3.18. The highest BCUT2D eigenvalue weighted by Crippen LogP contribution is 2.22. The van der Waals surface area contributed by atoms with Crippen molar-refractivity contribution in [3.8, 4) is 17.2 Å². The molecule has 0 atom stereocenters. The molecule has 0 heterocycles. The summed E-state index contributed by atoms with van der Waals surface area (Å²) < 4.78 is 15.7. The molecule has 2 aromatic rings. The van der Waals surface area contributed by atoms with Gasteiger partial charge in [0.05, 0.1) is 18.2 Å². The summed E-state index contributed by atoms with van der Waals surface area (Å²) in [7, 11) is 1.56. The molecule has 1 aliphatic rings. The molecule has 0 saturated heterocycles. The van der Waals surface area contributed by atoms with E-state index in [0.717, 1.165) is 0 Å². The van der Waals surface area contributed by atoms with Gasteiger partial charge in [0.15, 0.2) is 0 Å². The quantitative estimate of drug-likeness (QED) is 0.504. The van der Waals surface area contributed by atoms with Crippen LogP contribution in [0.1, 0.15) is 10.4 Å². The van der Waals surface area contributed by atoms with Gasteiger partial charge in [0.1, 0.15) is 17.2 Å². The molecule has 0 unspecified atom stereocenters. The summed E-state index contributed by atoms with van der Waals surface area (Å²) in [5.41, 5.74) is 1.01. The van der Waals surface area contributed by atoms with E-state index < -0.39 is 5.97 Å². The molecule has 0 bridgehead atoms. The van der Waals surface area contributed by atoms with Crippen LogP contribution in [-0.2, 0) is 0 Å². The fourth-order valence-electron chi connectivity index (χ4n) is 2.16. The molecule has 0 aliphatic heterocycles. The molecular weight excluding hydrogens is 320 g/mol. The number of hydrogen-bond acceptors (Lipinski definition) is 5. The number of aliphatic hydroxyl groups is 1. The Hall–Kier alpha value is -3.47. The second-order valence-corrected chi connectivity index (χ2v) is 5.17. The number of rotatable bonds is 5. The molecule has 5 nitrogen and oxygen atoms in total. The maximum absolute atomic E-state index is 12.1. The van der Waals surface area contributed by atoms with E-state index in [1.165, 1.54) is 0 Å². The third-order valence-electron chi connectivity index (χ3n) is 3.48. The maximum atomic E-state index is 12.1. The molecule has 0 radical (unpaired) electrons. The zero-order chi connectivity index (χ0) is 17.6. The lowest BCUT2D eigenvalue weighted by Crippen LogP contribution is -2.08. The minimum atomic E-state index is -0.470. The van der Waals surface area contributed by atoms with E-state index in [4.69, 9.17) is 14.2 Å². The second-order valence-electron chi connectivity index (χ2n) is 5.17. The maximum Gasteiger partial charge on any atom is 0.343 e. The van der Waals surface area contributed by atoms with Gasteiger partial charge < -0.3 is 19.3 Å². The number of aliphatic hydroxyl groups excluding tert-OH is 1. The lowest BCUT2D eigenvalue weighted by Gasteiger charge is -2.08. The van der Waals surface area contributed by atoms with Crippen LogP contribution in [-0.4, -0.2) is 18.2 Å². The van der Waals surface area contributed by atoms with E-state index in [0.29, 0.717) is 28.4 Å². The van der Waals surface area contributed by atoms with E-state index >= 15 is 0 Å². The van der Waals surface area contributed by atoms with Gasteiger partial charge in [-0.15, -0.1) is 0 Å². The third-order valence-corrected chi connectivity index (χ3v) is 3.48. The van der Waals surface area contributed by atoms with Crippen molar-refractivity contribution in [3.63, 3.8) is 0 Å². The SMILES string of the molecule is COc1ccc(C(=O)Oc2ccc(OC(O)=C3C=CC=C3)cc2)cc1. The predicted octanol–water partition coefficient (Wildman–Crippen LogP) is 4.19. The van der Waals surface area contributed by atoms with Crippen LogP contribution in [0.3, 0.4) is 0 Å². The number of benzene rings is 2. The molecule has 0 amide bonds. The minimum Gasteiger partial charge on any atom is -0.497 e. The number of hydrogen-bond donors (Lipinski definition) is 1. The van der Waals surface area contributed by atoms with Crippen LogP contribution in [0.5, 0.6) is 17.2 Å². The normalized spacial score (nSPS) is 12.1. The first-order chi connectivity index (χ1) is 12.2. The van der Waals surface area contributed by atoms with Gasteiger partial charge in [0, 0.05) is 0 Å². The van der Waals surface area contributed by atoms with Crippen LogP contribution < -0.4 is 14.2 Å². The summed E-state index contributed by atoms with van der Waals surface area (Å²) >= 11 is 0. The molecule has 0 saturated carbocycles. The number of carbonyl (C=O) groups is 1. The molecule has 1 aliphatic carbocycles. The van der Waals surface area contributed by atoms with Crippen LogP contribution in [0.4, 0.5) is 0 Å².